The first-order chi connectivity index (χ1) is 12.3. The van der Waals surface area contributed by atoms with E-state index in [1.54, 1.807) is 24.3 Å². The van der Waals surface area contributed by atoms with Gasteiger partial charge >= 0.3 is 6.03 Å². The third kappa shape index (κ3) is 3.14. The van der Waals surface area contributed by atoms with Crippen LogP contribution in [0.5, 0.6) is 0 Å². The van der Waals surface area contributed by atoms with E-state index in [1.807, 2.05) is 19.9 Å². The second-order valence-electron chi connectivity index (χ2n) is 6.76. The van der Waals surface area contributed by atoms with Gasteiger partial charge in [0.15, 0.2) is 0 Å². The molecular formula is C20H22FN3O2. The van der Waals surface area contributed by atoms with Crippen LogP contribution < -0.4 is 5.32 Å². The van der Waals surface area contributed by atoms with Gasteiger partial charge in [0.2, 0.25) is 0 Å². The molecule has 0 radical (unpaired) electrons. The summed E-state index contributed by atoms with van der Waals surface area (Å²) >= 11 is 0. The van der Waals surface area contributed by atoms with Crippen LogP contribution in [-0.2, 0) is 11.3 Å². The van der Waals surface area contributed by atoms with Gasteiger partial charge in [-0.2, -0.15) is 0 Å². The summed E-state index contributed by atoms with van der Waals surface area (Å²) in [5, 5.41) is 2.59. The second-order valence-corrected chi connectivity index (χ2v) is 6.76. The van der Waals surface area contributed by atoms with E-state index in [1.165, 1.54) is 6.07 Å². The molecule has 0 aliphatic carbocycles. The van der Waals surface area contributed by atoms with E-state index in [0.717, 1.165) is 21.9 Å². The van der Waals surface area contributed by atoms with Gasteiger partial charge in [-0.1, -0.05) is 18.2 Å². The minimum atomic E-state index is -0.540. The van der Waals surface area contributed by atoms with Gasteiger partial charge in [0.05, 0.1) is 6.54 Å². The zero-order chi connectivity index (χ0) is 19.0. The van der Waals surface area contributed by atoms with Crippen LogP contribution in [0.4, 0.5) is 9.18 Å². The maximum atomic E-state index is 13.8. The number of imide groups is 1. The van der Waals surface area contributed by atoms with Crippen LogP contribution in [0.1, 0.15) is 42.4 Å². The van der Waals surface area contributed by atoms with Crippen molar-refractivity contribution in [2.45, 2.75) is 40.3 Å². The lowest BCUT2D eigenvalue weighted by molar-refractivity contribution is -0.123. The summed E-state index contributed by atoms with van der Waals surface area (Å²) in [6.07, 6.45) is 1.68. The van der Waals surface area contributed by atoms with Gasteiger partial charge in [0.1, 0.15) is 11.5 Å². The Labute approximate surface area is 152 Å². The molecule has 0 spiro atoms. The Hall–Kier alpha value is -2.89. The Morgan fingerprint density at radius 1 is 1.19 bits per heavy atom. The van der Waals surface area contributed by atoms with Gasteiger partial charge in [-0.15, -0.1) is 0 Å². The van der Waals surface area contributed by atoms with Crippen molar-refractivity contribution in [3.05, 3.63) is 64.4 Å². The van der Waals surface area contributed by atoms with Crippen LogP contribution in [0.25, 0.3) is 6.08 Å². The normalized spacial score (nSPS) is 16.1. The molecule has 0 unspecified atom stereocenters. The van der Waals surface area contributed by atoms with E-state index in [2.05, 4.69) is 23.7 Å². The van der Waals surface area contributed by atoms with Crippen molar-refractivity contribution in [3.63, 3.8) is 0 Å². The van der Waals surface area contributed by atoms with Crippen LogP contribution in [-0.4, -0.2) is 21.4 Å². The molecule has 5 nitrogen and oxygen atoms in total. The summed E-state index contributed by atoms with van der Waals surface area (Å²) in [4.78, 5) is 25.8. The fourth-order valence-electron chi connectivity index (χ4n) is 3.41. The molecule has 26 heavy (non-hydrogen) atoms. The lowest BCUT2D eigenvalue weighted by Crippen LogP contribution is -2.30. The Balaban J connectivity index is 1.88. The number of halogens is 1. The summed E-state index contributed by atoms with van der Waals surface area (Å²) < 4.78 is 16.0. The lowest BCUT2D eigenvalue weighted by atomic mass is 10.2. The molecule has 1 aliphatic heterocycles. The highest BCUT2D eigenvalue weighted by molar-refractivity contribution is 6.13. The fraction of sp³-hybridized carbons (Fsp3) is 0.300. The van der Waals surface area contributed by atoms with Gasteiger partial charge in [0.25, 0.3) is 5.91 Å². The number of carbonyl (C=O) groups excluding carboxylic acids is 2. The molecular weight excluding hydrogens is 333 g/mol. The highest BCUT2D eigenvalue weighted by Gasteiger charge is 2.34. The number of rotatable bonds is 4. The van der Waals surface area contributed by atoms with Crippen LogP contribution >= 0.6 is 0 Å². The number of carbonyl (C=O) groups is 2. The van der Waals surface area contributed by atoms with Gasteiger partial charge in [-0.3, -0.25) is 9.69 Å². The molecule has 3 rings (SSSR count). The average Bonchev–Trinajstić information content (AvgIpc) is 3.00. The molecule has 0 atom stereocenters. The number of nitrogens with zero attached hydrogens (tertiary/aromatic N) is 2. The fourth-order valence-corrected chi connectivity index (χ4v) is 3.41. The number of aromatic nitrogens is 1. The molecule has 1 N–H and O–H groups in total. The topological polar surface area (TPSA) is 54.3 Å². The predicted molar refractivity (Wildman–Crippen MR) is 97.7 cm³/mol. The molecule has 1 aliphatic rings. The summed E-state index contributed by atoms with van der Waals surface area (Å²) in [6.45, 7) is 8.08. The van der Waals surface area contributed by atoms with E-state index >= 15 is 0 Å². The number of amides is 3. The standard InChI is InChI=1S/C20H22FN3O2/c1-12(2)24-13(3)9-16(14(24)4)10-18-19(25)23(20(26)22-18)11-15-7-5-6-8-17(15)21/h5-10,12H,11H2,1-4H3,(H,22,26)/b18-10+. The number of hydrogen-bond acceptors (Lipinski definition) is 2. The highest BCUT2D eigenvalue weighted by atomic mass is 19.1. The van der Waals surface area contributed by atoms with Crippen molar-refractivity contribution in [3.8, 4) is 0 Å². The minimum absolute atomic E-state index is 0.0975. The van der Waals surface area contributed by atoms with E-state index < -0.39 is 17.8 Å². The molecule has 6 heteroatoms. The largest absolute Gasteiger partial charge is 0.346 e. The third-order valence-corrected chi connectivity index (χ3v) is 4.59. The quantitative estimate of drug-likeness (QED) is 0.668. The van der Waals surface area contributed by atoms with Crippen LogP contribution in [0.2, 0.25) is 0 Å². The first kappa shape index (κ1) is 17.9. The maximum Gasteiger partial charge on any atom is 0.329 e. The van der Waals surface area contributed by atoms with Crippen LogP contribution in [0, 0.1) is 19.7 Å². The molecule has 1 aromatic carbocycles. The zero-order valence-electron chi connectivity index (χ0n) is 15.3. The first-order valence-electron chi connectivity index (χ1n) is 8.56. The summed E-state index contributed by atoms with van der Waals surface area (Å²) in [5.74, 6) is -0.890. The summed E-state index contributed by atoms with van der Waals surface area (Å²) in [7, 11) is 0. The van der Waals surface area contributed by atoms with E-state index in [0.29, 0.717) is 11.6 Å². The SMILES string of the molecule is Cc1cc(/C=C2/NC(=O)N(Cc3ccccc3F)C2=O)c(C)n1C(C)C. The molecule has 2 heterocycles. The van der Waals surface area contributed by atoms with Crippen molar-refractivity contribution in [1.82, 2.24) is 14.8 Å². The van der Waals surface area contributed by atoms with Crippen molar-refractivity contribution in [2.24, 2.45) is 0 Å². The van der Waals surface area contributed by atoms with Gasteiger partial charge < -0.3 is 9.88 Å². The monoisotopic (exact) mass is 355 g/mol. The van der Waals surface area contributed by atoms with E-state index in [4.69, 9.17) is 0 Å². The summed E-state index contributed by atoms with van der Waals surface area (Å²) in [6, 6.07) is 7.87. The Kier molecular flexibility index (Phi) is 4.68. The van der Waals surface area contributed by atoms with Crippen LogP contribution in [0.3, 0.4) is 0 Å². The zero-order valence-corrected chi connectivity index (χ0v) is 15.3. The number of benzene rings is 1. The first-order valence-corrected chi connectivity index (χ1v) is 8.56. The summed E-state index contributed by atoms with van der Waals surface area (Å²) in [5.41, 5.74) is 3.50. The number of urea groups is 1. The lowest BCUT2D eigenvalue weighted by Gasteiger charge is -2.13. The predicted octanol–water partition coefficient (Wildman–Crippen LogP) is 3.92. The smallest absolute Gasteiger partial charge is 0.329 e. The Morgan fingerprint density at radius 3 is 2.50 bits per heavy atom. The van der Waals surface area contributed by atoms with Crippen molar-refractivity contribution in [1.29, 1.82) is 0 Å². The molecule has 3 amide bonds. The maximum absolute atomic E-state index is 13.8. The molecule has 1 saturated heterocycles. The van der Waals surface area contributed by atoms with Crippen molar-refractivity contribution < 1.29 is 14.0 Å². The van der Waals surface area contributed by atoms with Crippen molar-refractivity contribution in [2.75, 3.05) is 0 Å². The average molecular weight is 355 g/mol. The molecule has 136 valence electrons. The molecule has 0 bridgehead atoms. The molecule has 0 saturated carbocycles. The highest BCUT2D eigenvalue weighted by Crippen LogP contribution is 2.24. The van der Waals surface area contributed by atoms with E-state index in [-0.39, 0.29) is 12.2 Å². The second kappa shape index (κ2) is 6.78. The molecule has 2 aromatic rings. The number of nitrogens with one attached hydrogen (secondary N) is 1. The van der Waals surface area contributed by atoms with Crippen molar-refractivity contribution >= 4 is 18.0 Å². The minimum Gasteiger partial charge on any atom is -0.346 e. The van der Waals surface area contributed by atoms with E-state index in [9.17, 15) is 14.0 Å². The van der Waals surface area contributed by atoms with Gasteiger partial charge in [-0.25, -0.2) is 9.18 Å². The molecule has 1 fully saturated rings. The third-order valence-electron chi connectivity index (χ3n) is 4.59. The van der Waals surface area contributed by atoms with Crippen LogP contribution in [0.15, 0.2) is 36.0 Å². The number of hydrogen-bond donors (Lipinski definition) is 1. The van der Waals surface area contributed by atoms with Gasteiger partial charge in [0, 0.05) is 23.0 Å². The molecule has 1 aromatic heterocycles. The number of aryl methyl sites for hydroxylation is 1. The van der Waals surface area contributed by atoms with Gasteiger partial charge in [-0.05, 0) is 51.5 Å². The Bertz CT molecular complexity index is 912. The Morgan fingerprint density at radius 2 is 1.88 bits per heavy atom.